The molecule has 204 valence electrons. The highest BCUT2D eigenvalue weighted by Gasteiger charge is 2.22. The molecule has 38 heavy (non-hydrogen) atoms. The number of hydrogen-bond donors (Lipinski definition) is 2. The molecule has 0 spiro atoms. The van der Waals surface area contributed by atoms with Gasteiger partial charge >= 0.3 is 0 Å². The lowest BCUT2D eigenvalue weighted by Gasteiger charge is -2.35. The number of aliphatic imine (C=N–C) groups is 1. The van der Waals surface area contributed by atoms with E-state index in [4.69, 9.17) is 0 Å². The Labute approximate surface area is 229 Å². The van der Waals surface area contributed by atoms with E-state index in [9.17, 15) is 4.39 Å². The molecule has 1 aromatic carbocycles. The number of rotatable bonds is 14. The van der Waals surface area contributed by atoms with Crippen LogP contribution < -0.4 is 10.6 Å². The Balaban J connectivity index is 2.57. The van der Waals surface area contributed by atoms with Gasteiger partial charge in [0.15, 0.2) is 0 Å². The second-order valence-corrected chi connectivity index (χ2v) is 9.42. The minimum absolute atomic E-state index is 0.200. The summed E-state index contributed by atoms with van der Waals surface area (Å²) in [6.45, 7) is 23.4. The van der Waals surface area contributed by atoms with Crippen LogP contribution >= 0.6 is 0 Å². The van der Waals surface area contributed by atoms with Gasteiger partial charge in [-0.2, -0.15) is 0 Å². The van der Waals surface area contributed by atoms with Gasteiger partial charge in [0, 0.05) is 43.9 Å². The van der Waals surface area contributed by atoms with Gasteiger partial charge < -0.3 is 20.4 Å². The summed E-state index contributed by atoms with van der Waals surface area (Å²) in [6, 6.07) is 10.1. The van der Waals surface area contributed by atoms with Gasteiger partial charge in [-0.15, -0.1) is 0 Å². The average molecular weight is 518 g/mol. The monoisotopic (exact) mass is 517 g/mol. The topological polar surface area (TPSA) is 42.9 Å². The van der Waals surface area contributed by atoms with Crippen molar-refractivity contribution in [3.8, 4) is 0 Å². The molecule has 0 bridgehead atoms. The molecule has 0 saturated carbocycles. The molecule has 0 radical (unpaired) electrons. The van der Waals surface area contributed by atoms with Gasteiger partial charge in [-0.05, 0) is 67.3 Å². The summed E-state index contributed by atoms with van der Waals surface area (Å²) in [7, 11) is 3.64. The number of nitrogens with one attached hydrogen (secondary N) is 2. The molecule has 0 aromatic heterocycles. The summed E-state index contributed by atoms with van der Waals surface area (Å²) < 4.78 is 13.7. The van der Waals surface area contributed by atoms with E-state index in [0.29, 0.717) is 13.1 Å². The Morgan fingerprint density at radius 2 is 1.84 bits per heavy atom. The summed E-state index contributed by atoms with van der Waals surface area (Å²) >= 11 is 0. The van der Waals surface area contributed by atoms with Gasteiger partial charge in [0.2, 0.25) is 0 Å². The van der Waals surface area contributed by atoms with E-state index in [0.717, 1.165) is 58.1 Å². The third-order valence-electron chi connectivity index (χ3n) is 6.35. The molecule has 0 saturated heterocycles. The Bertz CT molecular complexity index is 1150. The molecule has 1 aromatic rings. The van der Waals surface area contributed by atoms with Crippen LogP contribution in [0.2, 0.25) is 0 Å². The molecule has 0 fully saturated rings. The second kappa shape index (κ2) is 14.9. The Morgan fingerprint density at radius 1 is 1.16 bits per heavy atom. The zero-order chi connectivity index (χ0) is 28.2. The SMILES string of the molecule is C=C(CN(/C(C)=C/C(=N\C)c1ccccc1)/C(C(=C)C)=C(/CNCC)C(=C)CC)NC1C=CC(F)=CN1C. The minimum atomic E-state index is -0.275. The highest BCUT2D eigenvalue weighted by molar-refractivity contribution is 6.08. The fourth-order valence-corrected chi connectivity index (χ4v) is 4.26. The van der Waals surface area contributed by atoms with Gasteiger partial charge in [0.1, 0.15) is 12.0 Å². The number of nitrogens with zero attached hydrogens (tertiary/aromatic N) is 3. The second-order valence-electron chi connectivity index (χ2n) is 9.42. The van der Waals surface area contributed by atoms with E-state index in [-0.39, 0.29) is 12.0 Å². The maximum absolute atomic E-state index is 13.7. The highest BCUT2D eigenvalue weighted by Crippen LogP contribution is 2.28. The molecule has 2 N–H and O–H groups in total. The van der Waals surface area contributed by atoms with E-state index in [2.05, 4.69) is 79.2 Å². The maximum Gasteiger partial charge on any atom is 0.138 e. The van der Waals surface area contributed by atoms with Crippen molar-refractivity contribution >= 4 is 5.71 Å². The van der Waals surface area contributed by atoms with Crippen LogP contribution in [0.5, 0.6) is 0 Å². The van der Waals surface area contributed by atoms with E-state index < -0.39 is 0 Å². The molecule has 5 nitrogen and oxygen atoms in total. The lowest BCUT2D eigenvalue weighted by atomic mass is 9.98. The van der Waals surface area contributed by atoms with Crippen molar-refractivity contribution in [2.45, 2.75) is 40.3 Å². The van der Waals surface area contributed by atoms with Crippen LogP contribution in [0.4, 0.5) is 4.39 Å². The summed E-state index contributed by atoms with van der Waals surface area (Å²) in [6.07, 6.45) is 7.45. The molecular weight excluding hydrogens is 473 g/mol. The first kappa shape index (κ1) is 30.6. The Kier molecular flexibility index (Phi) is 12.0. The molecule has 0 amide bonds. The smallest absolute Gasteiger partial charge is 0.138 e. The zero-order valence-electron chi connectivity index (χ0n) is 23.9. The molecule has 0 aliphatic carbocycles. The summed E-state index contributed by atoms with van der Waals surface area (Å²) in [5.41, 5.74) is 7.82. The lowest BCUT2D eigenvalue weighted by Crippen LogP contribution is -2.42. The van der Waals surface area contributed by atoms with Crippen molar-refractivity contribution in [1.82, 2.24) is 20.4 Å². The van der Waals surface area contributed by atoms with Crippen LogP contribution in [0, 0.1) is 0 Å². The molecule has 1 heterocycles. The molecule has 1 aliphatic rings. The van der Waals surface area contributed by atoms with Gasteiger partial charge in [-0.25, -0.2) is 4.39 Å². The third-order valence-corrected chi connectivity index (χ3v) is 6.35. The Morgan fingerprint density at radius 3 is 2.39 bits per heavy atom. The van der Waals surface area contributed by atoms with Gasteiger partial charge in [0.25, 0.3) is 0 Å². The van der Waals surface area contributed by atoms with Crippen molar-refractivity contribution in [2.75, 3.05) is 33.7 Å². The number of benzene rings is 1. The molecule has 1 atom stereocenters. The third kappa shape index (κ3) is 8.45. The van der Waals surface area contributed by atoms with E-state index >= 15 is 0 Å². The first-order chi connectivity index (χ1) is 18.1. The number of likely N-dealkylation sites (N-methyl/N-ethyl adjacent to an activating group) is 2. The quantitative estimate of drug-likeness (QED) is 0.220. The van der Waals surface area contributed by atoms with E-state index in [1.807, 2.05) is 32.2 Å². The molecule has 2 rings (SSSR count). The fraction of sp³-hybridized carbons (Fsp3) is 0.344. The van der Waals surface area contributed by atoms with Crippen LogP contribution in [0.25, 0.3) is 0 Å². The van der Waals surface area contributed by atoms with Crippen molar-refractivity contribution < 1.29 is 4.39 Å². The van der Waals surface area contributed by atoms with Crippen molar-refractivity contribution in [2.24, 2.45) is 4.99 Å². The van der Waals surface area contributed by atoms with Crippen LogP contribution in [-0.4, -0.2) is 55.4 Å². The van der Waals surface area contributed by atoms with Gasteiger partial charge in [-0.3, -0.25) is 4.99 Å². The van der Waals surface area contributed by atoms with Crippen molar-refractivity contribution in [3.05, 3.63) is 120 Å². The number of hydrogen-bond acceptors (Lipinski definition) is 5. The summed E-state index contributed by atoms with van der Waals surface area (Å²) in [5, 5.41) is 6.91. The highest BCUT2D eigenvalue weighted by atomic mass is 19.1. The van der Waals surface area contributed by atoms with E-state index in [1.165, 1.54) is 12.3 Å². The van der Waals surface area contributed by atoms with Crippen molar-refractivity contribution in [1.29, 1.82) is 0 Å². The number of allylic oxidation sites excluding steroid dienone is 5. The molecule has 1 aliphatic heterocycles. The van der Waals surface area contributed by atoms with Crippen LogP contribution in [-0.2, 0) is 0 Å². The van der Waals surface area contributed by atoms with Crippen LogP contribution in [0.1, 0.15) is 39.7 Å². The molecule has 6 heteroatoms. The number of halogens is 1. The molecular formula is C32H44FN5. The zero-order valence-corrected chi connectivity index (χ0v) is 23.9. The standard InChI is InChI=1S/C32H44FN5/c1-10-24(5)29(20-35-11-2)32(23(3)4)38(21-25(6)36-31-18-17-28(33)22-37(31)9)26(7)19-30(34-8)27-15-13-12-14-16-27/h12-19,22,31,35-36H,3,5-6,10-11,20-21H2,1-2,4,7-9H3/b26-19+,32-29-,34-30+. The van der Waals surface area contributed by atoms with Gasteiger partial charge in [0.05, 0.1) is 12.3 Å². The van der Waals surface area contributed by atoms with Crippen LogP contribution in [0.15, 0.2) is 119 Å². The Hall–Kier alpha value is -3.64. The minimum Gasteiger partial charge on any atom is -0.364 e. The lowest BCUT2D eigenvalue weighted by molar-refractivity contribution is 0.323. The first-order valence-corrected chi connectivity index (χ1v) is 13.1. The van der Waals surface area contributed by atoms with E-state index in [1.54, 1.807) is 18.0 Å². The maximum atomic E-state index is 13.7. The largest absolute Gasteiger partial charge is 0.364 e. The van der Waals surface area contributed by atoms with Crippen LogP contribution in [0.3, 0.4) is 0 Å². The first-order valence-electron chi connectivity index (χ1n) is 13.1. The average Bonchev–Trinajstić information content (AvgIpc) is 2.90. The normalized spacial score (nSPS) is 16.6. The predicted molar refractivity (Wildman–Crippen MR) is 161 cm³/mol. The van der Waals surface area contributed by atoms with Gasteiger partial charge in [-0.1, -0.05) is 63.9 Å². The predicted octanol–water partition coefficient (Wildman–Crippen LogP) is 6.46. The fourth-order valence-electron chi connectivity index (χ4n) is 4.26. The summed E-state index contributed by atoms with van der Waals surface area (Å²) in [5.74, 6) is -0.275. The summed E-state index contributed by atoms with van der Waals surface area (Å²) in [4.78, 5) is 8.58. The molecule has 1 unspecified atom stereocenters. The van der Waals surface area contributed by atoms with Crippen molar-refractivity contribution in [3.63, 3.8) is 0 Å².